The first-order valence-corrected chi connectivity index (χ1v) is 0. The van der Waals surface area contributed by atoms with Crippen LogP contribution in [0, 0.1) is 41.7 Å². The minimum absolute atomic E-state index is 0. The summed E-state index contributed by atoms with van der Waals surface area (Å²) < 4.78 is 0. The topological polar surface area (TPSA) is 120 Å². The van der Waals surface area contributed by atoms with Crippen molar-refractivity contribution >= 4 is 23.9 Å². The van der Waals surface area contributed by atoms with Crippen LogP contribution in [0.2, 0.25) is 0 Å². The van der Waals surface area contributed by atoms with Crippen LogP contribution in [0.1, 0.15) is 0 Å². The third-order valence-electron chi connectivity index (χ3n) is 0. The van der Waals surface area contributed by atoms with Crippen molar-refractivity contribution in [2.45, 2.75) is 0 Å². The van der Waals surface area contributed by atoms with E-state index >= 15 is 0 Å². The van der Waals surface area contributed by atoms with Crippen molar-refractivity contribution in [1.29, 1.82) is 0 Å². The van der Waals surface area contributed by atoms with Gasteiger partial charge in [-0.2, -0.15) is 0 Å². The van der Waals surface area contributed by atoms with E-state index in [-0.39, 0.29) is 87.6 Å². The molecule has 0 bridgehead atoms. The molecule has 4 N–H and O–H groups in total. The first-order chi connectivity index (χ1) is 0. The van der Waals surface area contributed by atoms with Gasteiger partial charge in [0.25, 0.3) is 0 Å². The van der Waals surface area contributed by atoms with E-state index in [1.54, 1.807) is 0 Å². The van der Waals surface area contributed by atoms with E-state index in [0.717, 1.165) is 0 Å². The van der Waals surface area contributed by atoms with E-state index < -0.39 is 0 Å². The number of hydrogen-bond acceptors (Lipinski definition) is 4. The van der Waals surface area contributed by atoms with E-state index in [9.17, 15) is 0 Å². The molecule has 0 saturated heterocycles. The summed E-state index contributed by atoms with van der Waals surface area (Å²) >= 11 is 0. The Morgan fingerprint density at radius 2 is 0.500 bits per heavy atom. The Kier molecular flexibility index (Phi) is 1010. The van der Waals surface area contributed by atoms with Crippen LogP contribution in [0.3, 0.4) is 0 Å². The maximum Gasteiger partial charge on any atom is 4.00 e. The molecule has 6 heavy (non-hydrogen) atoms. The van der Waals surface area contributed by atoms with E-state index in [2.05, 4.69) is 0 Å². The van der Waals surface area contributed by atoms with Gasteiger partial charge in [0.1, 0.15) is 0 Å². The average molecular weight is 327 g/mol. The quantitative estimate of drug-likeness (QED) is 0.525. The van der Waals surface area contributed by atoms with Crippen molar-refractivity contribution in [2.24, 2.45) is 0 Å². The van der Waals surface area contributed by atoms with Gasteiger partial charge in [0, 0.05) is 23.9 Å². The van der Waals surface area contributed by atoms with Crippen LogP contribution < -0.4 is 0 Å². The second kappa shape index (κ2) is 62.5. The van der Waals surface area contributed by atoms with Crippen LogP contribution >= 0.6 is 0 Å². The summed E-state index contributed by atoms with van der Waals surface area (Å²) in [6.07, 6.45) is 0. The predicted molar refractivity (Wildman–Crippen MR) is 13.5 cm³/mol. The zero-order chi connectivity index (χ0) is 0. The standard InChI is InChI=1S/Ce.4H2O.Sn/h;4*1H2;/q+4;;;;;/p-4. The minimum atomic E-state index is 0. The molecule has 0 spiro atoms. The largest absolute Gasteiger partial charge is 4.00 e. The summed E-state index contributed by atoms with van der Waals surface area (Å²) in [6.45, 7) is 0. The maximum absolute atomic E-state index is 0. The SMILES string of the molecule is [Ce+4].[OH-].[OH-].[OH-].[OH-].[Sn]. The van der Waals surface area contributed by atoms with E-state index in [1.165, 1.54) is 0 Å². The van der Waals surface area contributed by atoms with Crippen LogP contribution in [0.5, 0.6) is 0 Å². The molecule has 0 aliphatic heterocycles. The molecule has 0 atom stereocenters. The van der Waals surface area contributed by atoms with Gasteiger partial charge in [-0.25, -0.2) is 0 Å². The summed E-state index contributed by atoms with van der Waals surface area (Å²) in [4.78, 5) is 0. The molecule has 4 radical (unpaired) electrons. The zero-order valence-electron chi connectivity index (χ0n) is 2.79. The minimum Gasteiger partial charge on any atom is -0.870 e. The summed E-state index contributed by atoms with van der Waals surface area (Å²) in [5.41, 5.74) is 0. The van der Waals surface area contributed by atoms with Crippen LogP contribution in [0.4, 0.5) is 0 Å². The third-order valence-corrected chi connectivity index (χ3v) is 0. The van der Waals surface area contributed by atoms with Crippen molar-refractivity contribution in [3.63, 3.8) is 0 Å². The smallest absolute Gasteiger partial charge is 0.870 e. The second-order valence-electron chi connectivity index (χ2n) is 0. The van der Waals surface area contributed by atoms with E-state index in [0.29, 0.717) is 0 Å². The van der Waals surface area contributed by atoms with Crippen LogP contribution in [-0.4, -0.2) is 45.8 Å². The summed E-state index contributed by atoms with van der Waals surface area (Å²) in [5, 5.41) is 0. The Hall–Kier alpha value is 2.02. The molecule has 0 amide bonds. The first kappa shape index (κ1) is 97.1. The summed E-state index contributed by atoms with van der Waals surface area (Å²) in [7, 11) is 0. The molecular formula is H4CeO4Sn. The molecule has 0 aromatic heterocycles. The van der Waals surface area contributed by atoms with Crippen LogP contribution in [0.25, 0.3) is 0 Å². The fourth-order valence-corrected chi connectivity index (χ4v) is 0. The van der Waals surface area contributed by atoms with Crippen molar-refractivity contribution in [2.75, 3.05) is 0 Å². The summed E-state index contributed by atoms with van der Waals surface area (Å²) in [6, 6.07) is 0. The van der Waals surface area contributed by atoms with Crippen molar-refractivity contribution in [3.05, 3.63) is 0 Å². The van der Waals surface area contributed by atoms with Crippen molar-refractivity contribution in [1.82, 2.24) is 0 Å². The molecule has 0 aromatic rings. The second-order valence-corrected chi connectivity index (χ2v) is 0. The molecule has 0 unspecified atom stereocenters. The van der Waals surface area contributed by atoms with Gasteiger partial charge >= 0.3 is 41.7 Å². The average Bonchev–Trinajstić information content (AvgIpc) is 0. The van der Waals surface area contributed by atoms with E-state index in [4.69, 9.17) is 0 Å². The molecule has 0 heterocycles. The molecule has 0 aliphatic carbocycles. The van der Waals surface area contributed by atoms with Crippen molar-refractivity contribution < 1.29 is 63.7 Å². The molecule has 0 aliphatic rings. The monoisotopic (exact) mass is 328 g/mol. The van der Waals surface area contributed by atoms with Crippen molar-refractivity contribution in [3.8, 4) is 0 Å². The molecule has 0 saturated carbocycles. The van der Waals surface area contributed by atoms with Gasteiger partial charge < -0.3 is 21.9 Å². The Morgan fingerprint density at radius 1 is 0.500 bits per heavy atom. The molecule has 0 fully saturated rings. The van der Waals surface area contributed by atoms with Gasteiger partial charge in [0.05, 0.1) is 0 Å². The molecular weight excluding hydrogens is 323 g/mol. The van der Waals surface area contributed by atoms with Crippen LogP contribution in [0.15, 0.2) is 0 Å². The van der Waals surface area contributed by atoms with Gasteiger partial charge in [-0.3, -0.25) is 0 Å². The van der Waals surface area contributed by atoms with Crippen LogP contribution in [-0.2, 0) is 0 Å². The van der Waals surface area contributed by atoms with Gasteiger partial charge in [-0.15, -0.1) is 0 Å². The fraction of sp³-hybridized carbons (Fsp3) is 0. The Labute approximate surface area is 86.3 Å². The number of hydrogen-bond donors (Lipinski definition) is 0. The van der Waals surface area contributed by atoms with Gasteiger partial charge in [-0.05, 0) is 0 Å². The third kappa shape index (κ3) is 37.3. The van der Waals surface area contributed by atoms with Gasteiger partial charge in [0.15, 0.2) is 0 Å². The Morgan fingerprint density at radius 3 is 0.500 bits per heavy atom. The number of rotatable bonds is 0. The summed E-state index contributed by atoms with van der Waals surface area (Å²) in [5.74, 6) is 0. The normalized spacial score (nSPS) is 0. The molecule has 36 valence electrons. The molecule has 6 heteroatoms. The molecule has 0 rings (SSSR count). The maximum atomic E-state index is 0. The van der Waals surface area contributed by atoms with E-state index in [1.807, 2.05) is 0 Å². The Bertz CT molecular complexity index is 7.51. The Balaban J connectivity index is 0. The van der Waals surface area contributed by atoms with Gasteiger partial charge in [-0.1, -0.05) is 0 Å². The van der Waals surface area contributed by atoms with Gasteiger partial charge in [0.2, 0.25) is 0 Å². The first-order valence-electron chi connectivity index (χ1n) is 0. The zero-order valence-corrected chi connectivity index (χ0v) is 8.78. The molecule has 0 aromatic carbocycles. The molecule has 4 nitrogen and oxygen atoms in total. The fourth-order valence-electron chi connectivity index (χ4n) is 0. The predicted octanol–water partition coefficient (Wildman–Crippen LogP) is -1.09.